The van der Waals surface area contributed by atoms with Gasteiger partial charge in [0, 0.05) is 0 Å². The Morgan fingerprint density at radius 2 is 1.05 bits per heavy atom. The zero-order valence-corrected chi connectivity index (χ0v) is 22.8. The molecule has 2 unspecified atom stereocenters. The SMILES string of the molecule is CC(C[P+]([Se-])([Se-])CC(C)c1ccccc1)c1ccccc1.[Rb+]. The predicted molar refractivity (Wildman–Crippen MR) is 97.9 cm³/mol. The average molecular weight is 513 g/mol. The van der Waals surface area contributed by atoms with Crippen LogP contribution in [0.4, 0.5) is 0 Å². The maximum atomic E-state index is 3.51. The monoisotopic (exact) mass is 514 g/mol. The van der Waals surface area contributed by atoms with Crippen molar-refractivity contribution >= 4 is 35.8 Å². The van der Waals surface area contributed by atoms with Crippen molar-refractivity contribution in [3.63, 3.8) is 0 Å². The summed E-state index contributed by atoms with van der Waals surface area (Å²) in [5.41, 5.74) is 2.89. The van der Waals surface area contributed by atoms with Crippen LogP contribution in [0.15, 0.2) is 60.7 Å². The van der Waals surface area contributed by atoms with Gasteiger partial charge in [-0.3, -0.25) is 0 Å². The van der Waals surface area contributed by atoms with E-state index in [1.54, 1.807) is 0 Å². The summed E-state index contributed by atoms with van der Waals surface area (Å²) in [7, 11) is 0. The fraction of sp³-hybridized carbons (Fsp3) is 0.333. The van der Waals surface area contributed by atoms with Crippen LogP contribution < -0.4 is 58.2 Å². The van der Waals surface area contributed by atoms with E-state index >= 15 is 0 Å². The molecule has 0 aliphatic carbocycles. The van der Waals surface area contributed by atoms with Gasteiger partial charge in [0.2, 0.25) is 0 Å². The molecule has 0 saturated heterocycles. The molecule has 112 valence electrons. The van der Waals surface area contributed by atoms with Crippen LogP contribution in [-0.2, 0) is 0 Å². The Labute approximate surface area is 200 Å². The summed E-state index contributed by atoms with van der Waals surface area (Å²) in [5.74, 6) is 1.20. The van der Waals surface area contributed by atoms with Crippen molar-refractivity contribution in [2.24, 2.45) is 0 Å². The van der Waals surface area contributed by atoms with E-state index in [0.29, 0.717) is 11.8 Å². The molecule has 0 amide bonds. The molecular weight excluding hydrogens is 491 g/mol. The van der Waals surface area contributed by atoms with Crippen molar-refractivity contribution in [3.05, 3.63) is 71.8 Å². The number of rotatable bonds is 6. The minimum atomic E-state index is -1.14. The molecule has 2 atom stereocenters. The molecule has 2 rings (SSSR count). The molecule has 4 heteroatoms. The van der Waals surface area contributed by atoms with Crippen molar-refractivity contribution in [1.82, 2.24) is 0 Å². The van der Waals surface area contributed by atoms with Gasteiger partial charge in [-0.2, -0.15) is 0 Å². The standard InChI is InChI=1S/C18H23PSe2.Rb/c1-15(17-9-5-3-6-10-17)13-19(20,21)14-16(2)18-11-7-4-8-12-18;/h3-12,15-16H,13-14H2,1-2H3,(H,20,21);/q;+1/p-1. The second kappa shape index (κ2) is 10.6. The van der Waals surface area contributed by atoms with Gasteiger partial charge in [0.05, 0.1) is 0 Å². The maximum absolute atomic E-state index is 3.51. The molecule has 2 aromatic carbocycles. The van der Waals surface area contributed by atoms with E-state index in [-0.39, 0.29) is 58.2 Å². The van der Waals surface area contributed by atoms with E-state index < -0.39 is 4.64 Å². The summed E-state index contributed by atoms with van der Waals surface area (Å²) >= 11 is 7.02. The van der Waals surface area contributed by atoms with Crippen LogP contribution in [0.25, 0.3) is 0 Å². The molecule has 0 radical (unpaired) electrons. The molecule has 22 heavy (non-hydrogen) atoms. The third-order valence-electron chi connectivity index (χ3n) is 3.84. The van der Waals surface area contributed by atoms with Gasteiger partial charge in [-0.05, 0) is 0 Å². The minimum absolute atomic E-state index is 0. The Morgan fingerprint density at radius 1 is 0.727 bits per heavy atom. The molecule has 0 aromatic heterocycles. The van der Waals surface area contributed by atoms with Gasteiger partial charge in [0.25, 0.3) is 0 Å². The van der Waals surface area contributed by atoms with Crippen molar-refractivity contribution in [2.75, 3.05) is 12.3 Å². The molecule has 0 saturated carbocycles. The van der Waals surface area contributed by atoms with Gasteiger partial charge in [-0.25, -0.2) is 0 Å². The van der Waals surface area contributed by atoms with Crippen LogP contribution in [0, 0.1) is 0 Å². The summed E-state index contributed by atoms with van der Waals surface area (Å²) in [5, 5.41) is 0. The van der Waals surface area contributed by atoms with Crippen LogP contribution in [0.5, 0.6) is 0 Å². The normalized spacial score (nSPS) is 14.0. The Kier molecular flexibility index (Phi) is 10.5. The van der Waals surface area contributed by atoms with E-state index in [9.17, 15) is 0 Å². The Bertz CT molecular complexity index is 496. The first kappa shape index (κ1) is 21.8. The molecule has 0 heterocycles. The smallest absolute Gasteiger partial charge is 1.00 e. The molecule has 0 aliphatic rings. The summed E-state index contributed by atoms with van der Waals surface area (Å²) in [6.45, 7) is 4.68. The topological polar surface area (TPSA) is 0 Å². The second-order valence-corrected chi connectivity index (χ2v) is 20.5. The predicted octanol–water partition coefficient (Wildman–Crippen LogP) is 1.78. The first-order chi connectivity index (χ1) is 9.98. The van der Waals surface area contributed by atoms with E-state index in [1.807, 2.05) is 0 Å². The van der Waals surface area contributed by atoms with E-state index in [1.165, 1.54) is 23.5 Å². The Morgan fingerprint density at radius 3 is 1.36 bits per heavy atom. The van der Waals surface area contributed by atoms with Crippen LogP contribution in [-0.4, -0.2) is 43.5 Å². The minimum Gasteiger partial charge on any atom is 1.00 e. The van der Waals surface area contributed by atoms with Crippen LogP contribution in [0.2, 0.25) is 0 Å². The first-order valence-corrected chi connectivity index (χ1v) is 14.0. The summed E-state index contributed by atoms with van der Waals surface area (Å²) in [6.07, 6.45) is 2.46. The average Bonchev–Trinajstić information content (AvgIpc) is 2.48. The largest absolute Gasteiger partial charge is 1.00 e. The molecular formula is C18H22PRbSe2. The van der Waals surface area contributed by atoms with Crippen LogP contribution in [0.1, 0.15) is 36.8 Å². The Hall–Kier alpha value is 1.71. The van der Waals surface area contributed by atoms with Crippen LogP contribution >= 0.6 is 4.64 Å². The van der Waals surface area contributed by atoms with Gasteiger partial charge in [0.15, 0.2) is 0 Å². The van der Waals surface area contributed by atoms with Gasteiger partial charge in [-0.15, -0.1) is 0 Å². The summed E-state index contributed by atoms with van der Waals surface area (Å²) in [4.78, 5) is 0. The molecule has 2 aromatic rings. The van der Waals surface area contributed by atoms with Crippen molar-refractivity contribution < 1.29 is 58.2 Å². The van der Waals surface area contributed by atoms with Crippen LogP contribution in [0.3, 0.4) is 0 Å². The molecule has 0 nitrogen and oxygen atoms in total. The van der Waals surface area contributed by atoms with Gasteiger partial charge < -0.3 is 0 Å². The second-order valence-electron chi connectivity index (χ2n) is 5.80. The molecule has 0 aliphatic heterocycles. The van der Waals surface area contributed by atoms with Gasteiger partial charge in [-0.1, -0.05) is 0 Å². The van der Waals surface area contributed by atoms with E-state index in [2.05, 4.69) is 106 Å². The molecule has 0 fully saturated rings. The maximum Gasteiger partial charge on any atom is 1.00 e. The van der Waals surface area contributed by atoms with Gasteiger partial charge >= 0.3 is 204 Å². The molecule has 0 spiro atoms. The molecule has 0 N–H and O–H groups in total. The number of hydrogen-bond acceptors (Lipinski definition) is 0. The molecule has 0 bridgehead atoms. The van der Waals surface area contributed by atoms with Crippen molar-refractivity contribution in [3.8, 4) is 0 Å². The Balaban J connectivity index is 0.00000242. The van der Waals surface area contributed by atoms with E-state index in [4.69, 9.17) is 0 Å². The quantitative estimate of drug-likeness (QED) is 0.409. The number of hydrogen-bond donors (Lipinski definition) is 0. The number of benzene rings is 2. The van der Waals surface area contributed by atoms with Crippen molar-refractivity contribution in [2.45, 2.75) is 25.7 Å². The fourth-order valence-corrected chi connectivity index (χ4v) is 10.6. The third kappa shape index (κ3) is 7.30. The fourth-order valence-electron chi connectivity index (χ4n) is 2.68. The summed E-state index contributed by atoms with van der Waals surface area (Å²) < 4.78 is -1.14. The van der Waals surface area contributed by atoms with Crippen molar-refractivity contribution in [1.29, 1.82) is 0 Å². The summed E-state index contributed by atoms with van der Waals surface area (Å²) in [6, 6.07) is 21.7. The third-order valence-corrected chi connectivity index (χ3v) is 9.80. The van der Waals surface area contributed by atoms with E-state index in [0.717, 1.165) is 0 Å². The first-order valence-electron chi connectivity index (χ1n) is 7.37. The zero-order chi connectivity index (χ0) is 15.3. The van der Waals surface area contributed by atoms with Gasteiger partial charge in [0.1, 0.15) is 0 Å². The zero-order valence-electron chi connectivity index (χ0n) is 13.6.